The molecule has 3 heteroatoms. The molecule has 2 aromatic carbocycles. The van der Waals surface area contributed by atoms with Crippen molar-refractivity contribution in [3.8, 4) is 0 Å². The normalized spacial score (nSPS) is 24.9. The zero-order valence-corrected chi connectivity index (χ0v) is 14.1. The Morgan fingerprint density at radius 2 is 1.71 bits per heavy atom. The topological polar surface area (TPSA) is 26.7 Å². The van der Waals surface area contributed by atoms with E-state index < -0.39 is 0 Å². The lowest BCUT2D eigenvalue weighted by Crippen LogP contribution is -2.55. The standard InChI is InChI=1S/C21H26N2O/c24-15-14-22-12-13-23-11-10-17-6-4-5-9-19(17)21(20(23)16-22)18-7-2-1-3-8-18/h1-9,20-21,24H,10-16H2. The molecular formula is C21H26N2O. The smallest absolute Gasteiger partial charge is 0.0558 e. The molecule has 2 aliphatic heterocycles. The molecule has 126 valence electrons. The van der Waals surface area contributed by atoms with Crippen LogP contribution < -0.4 is 0 Å². The Hall–Kier alpha value is -1.68. The van der Waals surface area contributed by atoms with Gasteiger partial charge in [0.15, 0.2) is 0 Å². The van der Waals surface area contributed by atoms with Gasteiger partial charge in [-0.3, -0.25) is 9.80 Å². The van der Waals surface area contributed by atoms with Gasteiger partial charge in [0, 0.05) is 44.7 Å². The van der Waals surface area contributed by atoms with Gasteiger partial charge in [0.25, 0.3) is 0 Å². The number of aliphatic hydroxyl groups excluding tert-OH is 1. The van der Waals surface area contributed by atoms with Crippen molar-refractivity contribution in [2.24, 2.45) is 0 Å². The van der Waals surface area contributed by atoms with Gasteiger partial charge in [0.1, 0.15) is 0 Å². The molecule has 0 aliphatic carbocycles. The van der Waals surface area contributed by atoms with E-state index >= 15 is 0 Å². The van der Waals surface area contributed by atoms with E-state index in [-0.39, 0.29) is 6.61 Å². The number of nitrogens with zero attached hydrogens (tertiary/aromatic N) is 2. The number of piperazine rings is 1. The van der Waals surface area contributed by atoms with Gasteiger partial charge < -0.3 is 5.11 Å². The van der Waals surface area contributed by atoms with Crippen LogP contribution in [0.4, 0.5) is 0 Å². The second-order valence-corrected chi connectivity index (χ2v) is 6.96. The van der Waals surface area contributed by atoms with Crippen molar-refractivity contribution in [2.45, 2.75) is 18.4 Å². The van der Waals surface area contributed by atoms with Crippen LogP contribution in [0, 0.1) is 0 Å². The van der Waals surface area contributed by atoms with E-state index in [9.17, 15) is 5.11 Å². The third-order valence-corrected chi connectivity index (χ3v) is 5.64. The SMILES string of the molecule is OCCN1CCN2CCc3ccccc3C(c3ccccc3)C2C1. The number of hydrogen-bond donors (Lipinski definition) is 1. The van der Waals surface area contributed by atoms with E-state index in [1.54, 1.807) is 0 Å². The fraction of sp³-hybridized carbons (Fsp3) is 0.429. The van der Waals surface area contributed by atoms with Crippen LogP contribution >= 0.6 is 0 Å². The molecular weight excluding hydrogens is 296 g/mol. The second kappa shape index (κ2) is 7.06. The number of aliphatic hydroxyl groups is 1. The minimum Gasteiger partial charge on any atom is -0.395 e. The van der Waals surface area contributed by atoms with Gasteiger partial charge >= 0.3 is 0 Å². The highest BCUT2D eigenvalue weighted by molar-refractivity contribution is 5.41. The summed E-state index contributed by atoms with van der Waals surface area (Å²) >= 11 is 0. The first kappa shape index (κ1) is 15.8. The van der Waals surface area contributed by atoms with E-state index in [4.69, 9.17) is 0 Å². The summed E-state index contributed by atoms with van der Waals surface area (Å²) in [4.78, 5) is 5.09. The molecule has 24 heavy (non-hydrogen) atoms. The van der Waals surface area contributed by atoms with Gasteiger partial charge in [0.05, 0.1) is 6.61 Å². The summed E-state index contributed by atoms with van der Waals surface area (Å²) in [6.45, 7) is 5.37. The summed E-state index contributed by atoms with van der Waals surface area (Å²) in [6, 6.07) is 20.4. The Morgan fingerprint density at radius 1 is 0.917 bits per heavy atom. The van der Waals surface area contributed by atoms with Crippen molar-refractivity contribution in [3.63, 3.8) is 0 Å². The number of rotatable bonds is 3. The van der Waals surface area contributed by atoms with Crippen molar-refractivity contribution in [3.05, 3.63) is 71.3 Å². The molecule has 2 atom stereocenters. The molecule has 2 unspecified atom stereocenters. The molecule has 0 radical (unpaired) electrons. The van der Waals surface area contributed by atoms with Crippen LogP contribution in [0.1, 0.15) is 22.6 Å². The number of hydrogen-bond acceptors (Lipinski definition) is 3. The van der Waals surface area contributed by atoms with Crippen molar-refractivity contribution >= 4 is 0 Å². The first-order chi connectivity index (χ1) is 11.9. The van der Waals surface area contributed by atoms with Gasteiger partial charge in [0.2, 0.25) is 0 Å². The van der Waals surface area contributed by atoms with E-state index in [1.807, 2.05) is 0 Å². The Balaban J connectivity index is 1.76. The maximum atomic E-state index is 9.36. The summed E-state index contributed by atoms with van der Waals surface area (Å²) in [5, 5.41) is 9.36. The van der Waals surface area contributed by atoms with Crippen molar-refractivity contribution in [1.82, 2.24) is 9.80 Å². The highest BCUT2D eigenvalue weighted by Gasteiger charge is 2.37. The molecule has 1 N–H and O–H groups in total. The van der Waals surface area contributed by atoms with Crippen LogP contribution in [0.5, 0.6) is 0 Å². The average molecular weight is 322 g/mol. The molecule has 1 saturated heterocycles. The van der Waals surface area contributed by atoms with Gasteiger partial charge in [-0.15, -0.1) is 0 Å². The van der Waals surface area contributed by atoms with E-state index in [0.717, 1.165) is 39.1 Å². The summed E-state index contributed by atoms with van der Waals surface area (Å²) in [5.41, 5.74) is 4.39. The summed E-state index contributed by atoms with van der Waals surface area (Å²) in [7, 11) is 0. The zero-order valence-electron chi connectivity index (χ0n) is 14.1. The Bertz CT molecular complexity index is 673. The second-order valence-electron chi connectivity index (χ2n) is 6.96. The molecule has 0 spiro atoms. The highest BCUT2D eigenvalue weighted by atomic mass is 16.3. The molecule has 2 aromatic rings. The Morgan fingerprint density at radius 3 is 2.54 bits per heavy atom. The van der Waals surface area contributed by atoms with Crippen LogP contribution in [0.3, 0.4) is 0 Å². The first-order valence-electron chi connectivity index (χ1n) is 9.07. The fourth-order valence-corrected chi connectivity index (χ4v) is 4.44. The maximum absolute atomic E-state index is 9.36. The quantitative estimate of drug-likeness (QED) is 0.940. The van der Waals surface area contributed by atoms with Gasteiger partial charge in [-0.25, -0.2) is 0 Å². The first-order valence-corrected chi connectivity index (χ1v) is 9.07. The average Bonchev–Trinajstić information content (AvgIpc) is 2.79. The molecule has 0 bridgehead atoms. The largest absolute Gasteiger partial charge is 0.395 e. The molecule has 3 nitrogen and oxygen atoms in total. The number of benzene rings is 2. The van der Waals surface area contributed by atoms with E-state index in [2.05, 4.69) is 64.4 Å². The van der Waals surface area contributed by atoms with Crippen molar-refractivity contribution in [2.75, 3.05) is 39.3 Å². The lowest BCUT2D eigenvalue weighted by atomic mass is 9.82. The fourth-order valence-electron chi connectivity index (χ4n) is 4.44. The zero-order chi connectivity index (χ0) is 16.4. The predicted molar refractivity (Wildman–Crippen MR) is 97.3 cm³/mol. The highest BCUT2D eigenvalue weighted by Crippen LogP contribution is 2.37. The van der Waals surface area contributed by atoms with Crippen LogP contribution in [-0.4, -0.2) is 60.3 Å². The van der Waals surface area contributed by atoms with Crippen LogP contribution in [0.25, 0.3) is 0 Å². The van der Waals surface area contributed by atoms with Crippen molar-refractivity contribution < 1.29 is 5.11 Å². The van der Waals surface area contributed by atoms with E-state index in [1.165, 1.54) is 16.7 Å². The third-order valence-electron chi connectivity index (χ3n) is 5.64. The predicted octanol–water partition coefficient (Wildman–Crippen LogP) is 2.35. The minimum atomic E-state index is 0.249. The van der Waals surface area contributed by atoms with Gasteiger partial charge in [-0.1, -0.05) is 54.6 Å². The molecule has 2 heterocycles. The third kappa shape index (κ3) is 3.00. The summed E-state index contributed by atoms with van der Waals surface area (Å²) in [5.74, 6) is 0.409. The molecule has 1 fully saturated rings. The maximum Gasteiger partial charge on any atom is 0.0558 e. The van der Waals surface area contributed by atoms with Crippen LogP contribution in [0.2, 0.25) is 0 Å². The summed E-state index contributed by atoms with van der Waals surface area (Å²) in [6.07, 6.45) is 1.13. The van der Waals surface area contributed by atoms with Crippen LogP contribution in [-0.2, 0) is 6.42 Å². The molecule has 4 rings (SSSR count). The Kier molecular flexibility index (Phi) is 4.65. The van der Waals surface area contributed by atoms with Gasteiger partial charge in [-0.2, -0.15) is 0 Å². The molecule has 2 aliphatic rings. The van der Waals surface area contributed by atoms with E-state index in [0.29, 0.717) is 12.0 Å². The number of fused-ring (bicyclic) bond motifs is 2. The molecule has 0 saturated carbocycles. The monoisotopic (exact) mass is 322 g/mol. The molecule has 0 aromatic heterocycles. The van der Waals surface area contributed by atoms with Gasteiger partial charge in [-0.05, 0) is 23.1 Å². The number of β-amino-alcohol motifs (C(OH)–C–C–N with tert-alkyl or cyclic N) is 1. The lowest BCUT2D eigenvalue weighted by Gasteiger charge is -2.44. The molecule has 0 amide bonds. The summed E-state index contributed by atoms with van der Waals surface area (Å²) < 4.78 is 0. The lowest BCUT2D eigenvalue weighted by molar-refractivity contribution is 0.0595. The van der Waals surface area contributed by atoms with Crippen molar-refractivity contribution in [1.29, 1.82) is 0 Å². The van der Waals surface area contributed by atoms with Crippen LogP contribution in [0.15, 0.2) is 54.6 Å². The Labute approximate surface area is 144 Å². The minimum absolute atomic E-state index is 0.249.